The van der Waals surface area contributed by atoms with E-state index in [1.807, 2.05) is 25.1 Å². The highest BCUT2D eigenvalue weighted by atomic mass is 16.5. The fourth-order valence-electron chi connectivity index (χ4n) is 3.22. The van der Waals surface area contributed by atoms with Gasteiger partial charge in [0.1, 0.15) is 11.4 Å². The molecule has 1 N–H and O–H groups in total. The highest BCUT2D eigenvalue weighted by Gasteiger charge is 2.48. The Bertz CT molecular complexity index is 419. The number of aliphatic hydroxyl groups is 1. The fraction of sp³-hybridized carbons (Fsp3) is 0.571. The number of fused-ring (bicyclic) bond motifs is 1. The van der Waals surface area contributed by atoms with E-state index in [1.54, 1.807) is 0 Å². The zero-order valence-electron chi connectivity index (χ0n) is 9.86. The summed E-state index contributed by atoms with van der Waals surface area (Å²) in [5, 5.41) is 10.2. The van der Waals surface area contributed by atoms with Crippen molar-refractivity contribution in [3.63, 3.8) is 0 Å². The predicted octanol–water partition coefficient (Wildman–Crippen LogP) is 2.98. The summed E-state index contributed by atoms with van der Waals surface area (Å²) in [6, 6.07) is 6.08. The Kier molecular flexibility index (Phi) is 2.05. The molecule has 3 rings (SSSR count). The molecule has 0 aromatic heterocycles. The van der Waals surface area contributed by atoms with Gasteiger partial charge < -0.3 is 9.84 Å². The van der Waals surface area contributed by atoms with E-state index in [0.29, 0.717) is 0 Å². The lowest BCUT2D eigenvalue weighted by Gasteiger charge is -2.50. The lowest BCUT2D eigenvalue weighted by Crippen LogP contribution is -2.51. The molecular weight excluding hydrogens is 200 g/mol. The molecule has 86 valence electrons. The van der Waals surface area contributed by atoms with Gasteiger partial charge in [0, 0.05) is 12.0 Å². The van der Waals surface area contributed by atoms with Crippen LogP contribution in [0.1, 0.15) is 43.4 Å². The summed E-state index contributed by atoms with van der Waals surface area (Å²) in [6.07, 6.45) is 2.57. The van der Waals surface area contributed by atoms with E-state index >= 15 is 0 Å². The van der Waals surface area contributed by atoms with Crippen LogP contribution in [0.25, 0.3) is 0 Å². The Morgan fingerprint density at radius 3 is 2.75 bits per heavy atom. The number of aliphatic hydroxyl groups excluding tert-OH is 1. The van der Waals surface area contributed by atoms with Crippen molar-refractivity contribution < 1.29 is 9.84 Å². The Balaban J connectivity index is 1.94. The van der Waals surface area contributed by atoms with Crippen LogP contribution in [0.4, 0.5) is 0 Å². The maximum Gasteiger partial charge on any atom is 0.125 e. The molecular formula is C14H18O2. The van der Waals surface area contributed by atoms with Gasteiger partial charge in [0.15, 0.2) is 0 Å². The Hall–Kier alpha value is -1.02. The molecule has 2 heteroatoms. The molecule has 1 heterocycles. The molecule has 1 aliphatic carbocycles. The van der Waals surface area contributed by atoms with Gasteiger partial charge in [-0.05, 0) is 37.8 Å². The van der Waals surface area contributed by atoms with E-state index in [9.17, 15) is 5.11 Å². The number of rotatable bonds is 0. The molecule has 16 heavy (non-hydrogen) atoms. The normalized spacial score (nSPS) is 36.4. The molecule has 0 saturated heterocycles. The van der Waals surface area contributed by atoms with E-state index in [-0.39, 0.29) is 11.7 Å². The summed E-state index contributed by atoms with van der Waals surface area (Å²) in [5.41, 5.74) is 2.07. The van der Waals surface area contributed by atoms with Crippen molar-refractivity contribution in [1.82, 2.24) is 0 Å². The third-order valence-corrected chi connectivity index (χ3v) is 3.86. The molecule has 1 spiro atoms. The summed E-state index contributed by atoms with van der Waals surface area (Å²) in [7, 11) is 0. The van der Waals surface area contributed by atoms with Crippen molar-refractivity contribution in [3.05, 3.63) is 29.3 Å². The zero-order chi connectivity index (χ0) is 11.3. The minimum Gasteiger partial charge on any atom is -0.487 e. The SMILES string of the molecule is Cc1ccc2c(c1)C(O)CC1(CC(C)C1)O2. The summed E-state index contributed by atoms with van der Waals surface area (Å²) in [4.78, 5) is 0. The molecule has 1 atom stereocenters. The Morgan fingerprint density at radius 1 is 1.31 bits per heavy atom. The monoisotopic (exact) mass is 218 g/mol. The Labute approximate surface area is 96.2 Å². The van der Waals surface area contributed by atoms with Crippen LogP contribution in [0.3, 0.4) is 0 Å². The fourth-order valence-corrected chi connectivity index (χ4v) is 3.22. The smallest absolute Gasteiger partial charge is 0.125 e. The summed E-state index contributed by atoms with van der Waals surface area (Å²) in [5.74, 6) is 1.62. The molecule has 1 aromatic rings. The summed E-state index contributed by atoms with van der Waals surface area (Å²) >= 11 is 0. The number of hydrogen-bond acceptors (Lipinski definition) is 2. The lowest BCUT2D eigenvalue weighted by molar-refractivity contribution is -0.0925. The van der Waals surface area contributed by atoms with Gasteiger partial charge in [0.2, 0.25) is 0 Å². The van der Waals surface area contributed by atoms with Crippen molar-refractivity contribution in [2.75, 3.05) is 0 Å². The highest BCUT2D eigenvalue weighted by molar-refractivity contribution is 5.41. The van der Waals surface area contributed by atoms with Gasteiger partial charge in [0.05, 0.1) is 6.10 Å². The third kappa shape index (κ3) is 1.44. The first kappa shape index (κ1) is 10.2. The maximum atomic E-state index is 10.2. The molecule has 1 fully saturated rings. The molecule has 1 unspecified atom stereocenters. The van der Waals surface area contributed by atoms with Crippen LogP contribution in [-0.2, 0) is 0 Å². The second-order valence-corrected chi connectivity index (χ2v) is 5.56. The van der Waals surface area contributed by atoms with Crippen molar-refractivity contribution in [2.45, 2.75) is 44.8 Å². The van der Waals surface area contributed by atoms with E-state index < -0.39 is 0 Å². The van der Waals surface area contributed by atoms with Gasteiger partial charge >= 0.3 is 0 Å². The zero-order valence-corrected chi connectivity index (χ0v) is 9.86. The van der Waals surface area contributed by atoms with Crippen LogP contribution in [0, 0.1) is 12.8 Å². The van der Waals surface area contributed by atoms with Crippen LogP contribution < -0.4 is 4.74 Å². The van der Waals surface area contributed by atoms with E-state index in [1.165, 1.54) is 5.56 Å². The molecule has 0 amide bonds. The van der Waals surface area contributed by atoms with Gasteiger partial charge in [-0.2, -0.15) is 0 Å². The second kappa shape index (κ2) is 3.24. The minimum atomic E-state index is -0.351. The highest BCUT2D eigenvalue weighted by Crippen LogP contribution is 2.51. The predicted molar refractivity (Wildman–Crippen MR) is 62.5 cm³/mol. The number of benzene rings is 1. The first-order chi connectivity index (χ1) is 7.58. The molecule has 2 nitrogen and oxygen atoms in total. The molecule has 1 aliphatic heterocycles. The van der Waals surface area contributed by atoms with Gasteiger partial charge in [-0.3, -0.25) is 0 Å². The first-order valence-corrected chi connectivity index (χ1v) is 6.06. The summed E-state index contributed by atoms with van der Waals surface area (Å²) < 4.78 is 6.09. The maximum absolute atomic E-state index is 10.2. The van der Waals surface area contributed by atoms with Gasteiger partial charge in [0.25, 0.3) is 0 Å². The van der Waals surface area contributed by atoms with Gasteiger partial charge in [-0.25, -0.2) is 0 Å². The van der Waals surface area contributed by atoms with Crippen molar-refractivity contribution >= 4 is 0 Å². The molecule has 0 bridgehead atoms. The number of ether oxygens (including phenoxy) is 1. The molecule has 1 aromatic carbocycles. The first-order valence-electron chi connectivity index (χ1n) is 6.06. The van der Waals surface area contributed by atoms with Crippen LogP contribution in [0.2, 0.25) is 0 Å². The minimum absolute atomic E-state index is 0.0684. The number of aryl methyl sites for hydroxylation is 1. The van der Waals surface area contributed by atoms with Gasteiger partial charge in [-0.15, -0.1) is 0 Å². The van der Waals surface area contributed by atoms with Crippen molar-refractivity contribution in [3.8, 4) is 5.75 Å². The quantitative estimate of drug-likeness (QED) is 0.725. The summed E-state index contributed by atoms with van der Waals surface area (Å²) in [6.45, 7) is 4.29. The van der Waals surface area contributed by atoms with Crippen LogP contribution in [0.15, 0.2) is 18.2 Å². The van der Waals surface area contributed by atoms with Gasteiger partial charge in [-0.1, -0.05) is 18.6 Å². The van der Waals surface area contributed by atoms with Crippen LogP contribution in [0.5, 0.6) is 5.75 Å². The molecule has 1 saturated carbocycles. The van der Waals surface area contributed by atoms with E-state index in [4.69, 9.17) is 4.74 Å². The average Bonchev–Trinajstić information content (AvgIpc) is 2.17. The largest absolute Gasteiger partial charge is 0.487 e. The van der Waals surface area contributed by atoms with E-state index in [0.717, 1.165) is 36.5 Å². The van der Waals surface area contributed by atoms with Crippen LogP contribution in [-0.4, -0.2) is 10.7 Å². The lowest BCUT2D eigenvalue weighted by atomic mass is 9.67. The average molecular weight is 218 g/mol. The molecule has 0 radical (unpaired) electrons. The Morgan fingerprint density at radius 2 is 2.06 bits per heavy atom. The number of hydrogen-bond donors (Lipinski definition) is 1. The second-order valence-electron chi connectivity index (χ2n) is 5.56. The standard InChI is InChI=1S/C14H18O2/c1-9-3-4-13-11(5-9)12(15)8-14(16-13)6-10(2)7-14/h3-5,10,12,15H,6-8H2,1-2H3. The molecule has 2 aliphatic rings. The van der Waals surface area contributed by atoms with Crippen molar-refractivity contribution in [1.29, 1.82) is 0 Å². The van der Waals surface area contributed by atoms with Crippen LogP contribution >= 0.6 is 0 Å². The topological polar surface area (TPSA) is 29.5 Å². The van der Waals surface area contributed by atoms with E-state index in [2.05, 4.69) is 6.92 Å². The third-order valence-electron chi connectivity index (χ3n) is 3.86. The van der Waals surface area contributed by atoms with Crippen molar-refractivity contribution in [2.24, 2.45) is 5.92 Å².